The molecule has 2 aromatic carbocycles. The standard InChI is InChI=1S/C20H26N2O3S/c1-3-25-18-10-12-19(13-11-18)26(23,24)21(2)16-17-8-4-5-9-20(17)22-14-6-7-15-22/h4-5,8-13H,3,6-7,14-16H2,1-2H3. The van der Waals surface area contributed by atoms with E-state index in [-0.39, 0.29) is 4.90 Å². The van der Waals surface area contributed by atoms with Crippen molar-refractivity contribution in [1.82, 2.24) is 4.31 Å². The third-order valence-electron chi connectivity index (χ3n) is 4.67. The van der Waals surface area contributed by atoms with Crippen molar-refractivity contribution in [2.24, 2.45) is 0 Å². The average Bonchev–Trinajstić information content (AvgIpc) is 3.17. The molecule has 0 saturated carbocycles. The van der Waals surface area contributed by atoms with Gasteiger partial charge in [0.15, 0.2) is 0 Å². The Labute approximate surface area is 156 Å². The summed E-state index contributed by atoms with van der Waals surface area (Å²) < 4.78 is 32.6. The molecule has 0 unspecified atom stereocenters. The Morgan fingerprint density at radius 1 is 1.04 bits per heavy atom. The highest BCUT2D eigenvalue weighted by Crippen LogP contribution is 2.27. The largest absolute Gasteiger partial charge is 0.494 e. The Balaban J connectivity index is 1.79. The number of ether oxygens (including phenoxy) is 1. The summed E-state index contributed by atoms with van der Waals surface area (Å²) in [6, 6.07) is 14.7. The second kappa shape index (κ2) is 8.10. The molecule has 1 aliphatic rings. The van der Waals surface area contributed by atoms with Gasteiger partial charge in [0, 0.05) is 32.4 Å². The molecule has 26 heavy (non-hydrogen) atoms. The summed E-state index contributed by atoms with van der Waals surface area (Å²) >= 11 is 0. The highest BCUT2D eigenvalue weighted by Gasteiger charge is 2.23. The van der Waals surface area contributed by atoms with Crippen LogP contribution in [0, 0.1) is 0 Å². The van der Waals surface area contributed by atoms with E-state index >= 15 is 0 Å². The van der Waals surface area contributed by atoms with Gasteiger partial charge in [-0.25, -0.2) is 8.42 Å². The van der Waals surface area contributed by atoms with Gasteiger partial charge in [-0.3, -0.25) is 0 Å². The van der Waals surface area contributed by atoms with Crippen LogP contribution in [0.1, 0.15) is 25.3 Å². The lowest BCUT2D eigenvalue weighted by Crippen LogP contribution is -2.28. The van der Waals surface area contributed by atoms with E-state index in [9.17, 15) is 8.42 Å². The SMILES string of the molecule is CCOc1ccc(S(=O)(=O)N(C)Cc2ccccc2N2CCCC2)cc1. The molecular formula is C20H26N2O3S. The van der Waals surface area contributed by atoms with Crippen molar-refractivity contribution in [3.8, 4) is 5.75 Å². The highest BCUT2D eigenvalue weighted by atomic mass is 32.2. The molecule has 0 radical (unpaired) electrons. The summed E-state index contributed by atoms with van der Waals surface area (Å²) in [5, 5.41) is 0. The monoisotopic (exact) mass is 374 g/mol. The van der Waals surface area contributed by atoms with E-state index in [0.717, 1.165) is 24.3 Å². The van der Waals surface area contributed by atoms with Crippen LogP contribution in [0.2, 0.25) is 0 Å². The molecule has 140 valence electrons. The lowest BCUT2D eigenvalue weighted by molar-refractivity contribution is 0.340. The number of anilines is 1. The lowest BCUT2D eigenvalue weighted by Gasteiger charge is -2.24. The fourth-order valence-electron chi connectivity index (χ4n) is 3.29. The lowest BCUT2D eigenvalue weighted by atomic mass is 10.1. The molecule has 3 rings (SSSR count). The van der Waals surface area contributed by atoms with Crippen molar-refractivity contribution in [1.29, 1.82) is 0 Å². The van der Waals surface area contributed by atoms with Crippen LogP contribution in [0.15, 0.2) is 53.4 Å². The van der Waals surface area contributed by atoms with Gasteiger partial charge in [0.25, 0.3) is 0 Å². The van der Waals surface area contributed by atoms with E-state index in [2.05, 4.69) is 11.0 Å². The maximum atomic E-state index is 12.9. The Kier molecular flexibility index (Phi) is 5.84. The van der Waals surface area contributed by atoms with Crippen LogP contribution in [-0.4, -0.2) is 39.5 Å². The van der Waals surface area contributed by atoms with Crippen LogP contribution in [0.3, 0.4) is 0 Å². The molecule has 0 amide bonds. The molecule has 1 aliphatic heterocycles. The van der Waals surface area contributed by atoms with Gasteiger partial charge in [0.2, 0.25) is 10.0 Å². The maximum absolute atomic E-state index is 12.9. The first-order valence-electron chi connectivity index (χ1n) is 9.04. The topological polar surface area (TPSA) is 49.9 Å². The summed E-state index contributed by atoms with van der Waals surface area (Å²) in [5.41, 5.74) is 2.17. The average molecular weight is 375 g/mol. The van der Waals surface area contributed by atoms with Crippen LogP contribution < -0.4 is 9.64 Å². The van der Waals surface area contributed by atoms with Crippen molar-refractivity contribution in [2.75, 3.05) is 31.6 Å². The molecule has 1 saturated heterocycles. The summed E-state index contributed by atoms with van der Waals surface area (Å²) in [5.74, 6) is 0.675. The van der Waals surface area contributed by atoms with E-state index < -0.39 is 10.0 Å². The fourth-order valence-corrected chi connectivity index (χ4v) is 4.44. The van der Waals surface area contributed by atoms with Gasteiger partial charge in [-0.2, -0.15) is 4.31 Å². The van der Waals surface area contributed by atoms with Crippen LogP contribution in [0.5, 0.6) is 5.75 Å². The normalized spacial score (nSPS) is 14.8. The third kappa shape index (κ3) is 4.02. The quantitative estimate of drug-likeness (QED) is 0.744. The third-order valence-corrected chi connectivity index (χ3v) is 6.49. The zero-order valence-corrected chi connectivity index (χ0v) is 16.2. The molecule has 2 aromatic rings. The van der Waals surface area contributed by atoms with Gasteiger partial charge in [0.1, 0.15) is 5.75 Å². The van der Waals surface area contributed by atoms with Crippen molar-refractivity contribution in [3.05, 3.63) is 54.1 Å². The number of hydrogen-bond donors (Lipinski definition) is 0. The Morgan fingerprint density at radius 2 is 1.69 bits per heavy atom. The highest BCUT2D eigenvalue weighted by molar-refractivity contribution is 7.89. The second-order valence-electron chi connectivity index (χ2n) is 6.49. The van der Waals surface area contributed by atoms with Crippen molar-refractivity contribution in [3.63, 3.8) is 0 Å². The molecule has 0 spiro atoms. The molecule has 0 bridgehead atoms. The van der Waals surface area contributed by atoms with E-state index in [0.29, 0.717) is 18.9 Å². The van der Waals surface area contributed by atoms with Crippen molar-refractivity contribution in [2.45, 2.75) is 31.2 Å². The van der Waals surface area contributed by atoms with Gasteiger partial charge in [-0.05, 0) is 55.7 Å². The number of hydrogen-bond acceptors (Lipinski definition) is 4. The van der Waals surface area contributed by atoms with E-state index in [4.69, 9.17) is 4.74 Å². The number of rotatable bonds is 7. The number of para-hydroxylation sites is 1. The minimum Gasteiger partial charge on any atom is -0.494 e. The second-order valence-corrected chi connectivity index (χ2v) is 8.53. The van der Waals surface area contributed by atoms with E-state index in [1.165, 1.54) is 17.1 Å². The summed E-state index contributed by atoms with van der Waals surface area (Å²) in [7, 11) is -1.92. The molecule has 1 heterocycles. The molecule has 1 fully saturated rings. The minimum absolute atomic E-state index is 0.280. The van der Waals surface area contributed by atoms with Gasteiger partial charge in [-0.15, -0.1) is 0 Å². The van der Waals surface area contributed by atoms with Gasteiger partial charge >= 0.3 is 0 Å². The van der Waals surface area contributed by atoms with E-state index in [1.807, 2.05) is 25.1 Å². The van der Waals surface area contributed by atoms with Crippen LogP contribution in [-0.2, 0) is 16.6 Å². The number of benzene rings is 2. The molecule has 6 heteroatoms. The first-order chi connectivity index (χ1) is 12.5. The predicted octanol–water partition coefficient (Wildman–Crippen LogP) is 3.51. The summed E-state index contributed by atoms with van der Waals surface area (Å²) in [6.45, 7) is 4.87. The molecule has 0 aromatic heterocycles. The Morgan fingerprint density at radius 3 is 2.35 bits per heavy atom. The zero-order chi connectivity index (χ0) is 18.6. The Hall–Kier alpha value is -2.05. The first kappa shape index (κ1) is 18.7. The predicted molar refractivity (Wildman–Crippen MR) is 104 cm³/mol. The first-order valence-corrected chi connectivity index (χ1v) is 10.5. The number of nitrogens with zero attached hydrogens (tertiary/aromatic N) is 2. The Bertz CT molecular complexity index is 828. The van der Waals surface area contributed by atoms with Gasteiger partial charge in [-0.1, -0.05) is 18.2 Å². The summed E-state index contributed by atoms with van der Waals surface area (Å²) in [6.07, 6.45) is 2.38. The van der Waals surface area contributed by atoms with Crippen molar-refractivity contribution >= 4 is 15.7 Å². The number of sulfonamides is 1. The molecular weight excluding hydrogens is 348 g/mol. The molecule has 0 aliphatic carbocycles. The van der Waals surface area contributed by atoms with Gasteiger partial charge < -0.3 is 9.64 Å². The maximum Gasteiger partial charge on any atom is 0.243 e. The van der Waals surface area contributed by atoms with Crippen LogP contribution in [0.25, 0.3) is 0 Å². The minimum atomic E-state index is -3.55. The van der Waals surface area contributed by atoms with Crippen molar-refractivity contribution < 1.29 is 13.2 Å². The molecule has 0 atom stereocenters. The van der Waals surface area contributed by atoms with E-state index in [1.54, 1.807) is 31.3 Å². The summed E-state index contributed by atoms with van der Waals surface area (Å²) in [4.78, 5) is 2.62. The molecule has 5 nitrogen and oxygen atoms in total. The smallest absolute Gasteiger partial charge is 0.243 e. The fraction of sp³-hybridized carbons (Fsp3) is 0.400. The van der Waals surface area contributed by atoms with Crippen LogP contribution in [0.4, 0.5) is 5.69 Å². The van der Waals surface area contributed by atoms with Gasteiger partial charge in [0.05, 0.1) is 11.5 Å². The molecule has 0 N–H and O–H groups in total. The zero-order valence-electron chi connectivity index (χ0n) is 15.4. The van der Waals surface area contributed by atoms with Crippen LogP contribution >= 0.6 is 0 Å².